The minimum atomic E-state index is -1.47. The van der Waals surface area contributed by atoms with Crippen LogP contribution in [0.2, 0.25) is 0 Å². The molecule has 0 saturated carbocycles. The van der Waals surface area contributed by atoms with E-state index in [4.69, 9.17) is 10.2 Å². The van der Waals surface area contributed by atoms with Gasteiger partial charge in [-0.15, -0.1) is 0 Å². The lowest BCUT2D eigenvalue weighted by atomic mass is 10.4. The molecule has 2 unspecified atom stereocenters. The number of nitrogens with zero attached hydrogens (tertiary/aromatic N) is 2. The molecule has 2 aliphatic rings. The van der Waals surface area contributed by atoms with Gasteiger partial charge in [0.05, 0.1) is 0 Å². The van der Waals surface area contributed by atoms with Crippen LogP contribution in [-0.4, -0.2) is 75.7 Å². The Morgan fingerprint density at radius 2 is 1.27 bits per heavy atom. The third-order valence-electron chi connectivity index (χ3n) is 2.94. The molecule has 6 N–H and O–H groups in total. The van der Waals surface area contributed by atoms with Gasteiger partial charge in [0.2, 0.25) is 0 Å². The predicted octanol–water partition coefficient (Wildman–Crippen LogP) is -4.06. The van der Waals surface area contributed by atoms with Gasteiger partial charge in [-0.3, -0.25) is 30.0 Å². The molecule has 120 valence electrons. The van der Waals surface area contributed by atoms with E-state index >= 15 is 0 Å². The van der Waals surface area contributed by atoms with Gasteiger partial charge < -0.3 is 20.8 Å². The molecular formula is C9H12N6O7. The van der Waals surface area contributed by atoms with Crippen LogP contribution < -0.4 is 21.3 Å². The Morgan fingerprint density at radius 1 is 0.909 bits per heavy atom. The fourth-order valence-electron chi connectivity index (χ4n) is 1.88. The van der Waals surface area contributed by atoms with Crippen LogP contribution in [0.5, 0.6) is 0 Å². The summed E-state index contributed by atoms with van der Waals surface area (Å²) in [7, 11) is 0. The topological polar surface area (TPSA) is 180 Å². The number of aliphatic hydroxyl groups excluding tert-OH is 2. The smallest absolute Gasteiger partial charge is 0.328 e. The number of hydrogen-bond donors (Lipinski definition) is 6. The highest BCUT2D eigenvalue weighted by molar-refractivity contribution is 6.06. The van der Waals surface area contributed by atoms with Gasteiger partial charge in [-0.1, -0.05) is 0 Å². The number of amides is 8. The van der Waals surface area contributed by atoms with Gasteiger partial charge in [0.25, 0.3) is 11.8 Å². The molecule has 2 aliphatic heterocycles. The third kappa shape index (κ3) is 2.61. The van der Waals surface area contributed by atoms with Gasteiger partial charge >= 0.3 is 18.1 Å². The Morgan fingerprint density at radius 3 is 1.59 bits per heavy atom. The van der Waals surface area contributed by atoms with E-state index in [9.17, 15) is 24.0 Å². The van der Waals surface area contributed by atoms with Crippen molar-refractivity contribution in [3.63, 3.8) is 0 Å². The number of nitrogens with one attached hydrogen (secondary N) is 4. The maximum Gasteiger partial charge on any atom is 0.328 e. The standard InChI is InChI=1S/C9H12N6O7/c16-1-14-3(5(18)12-8(14)21)10-7(20)11-4-6(19)13-9(22)15(4)2-17/h3-4,16-17H,1-2H2,(H2,10,11,20)(H,12,18,21)(H,13,19,22). The predicted molar refractivity (Wildman–Crippen MR) is 64.2 cm³/mol. The molecule has 2 heterocycles. The van der Waals surface area contributed by atoms with E-state index in [2.05, 4.69) is 10.6 Å². The van der Waals surface area contributed by atoms with Crippen LogP contribution in [0.3, 0.4) is 0 Å². The van der Waals surface area contributed by atoms with Gasteiger partial charge in [-0.25, -0.2) is 14.4 Å². The maximum absolute atomic E-state index is 11.8. The number of aliphatic hydroxyl groups is 2. The normalized spacial score (nSPS) is 24.5. The summed E-state index contributed by atoms with van der Waals surface area (Å²) in [4.78, 5) is 58.4. The number of carbonyl (C=O) groups excluding carboxylic acids is 5. The van der Waals surface area contributed by atoms with Crippen LogP contribution in [0.15, 0.2) is 0 Å². The van der Waals surface area contributed by atoms with Crippen molar-refractivity contribution in [1.82, 2.24) is 31.1 Å². The molecule has 2 fully saturated rings. The molecule has 8 amide bonds. The zero-order valence-corrected chi connectivity index (χ0v) is 10.9. The zero-order chi connectivity index (χ0) is 16.4. The Bertz CT molecular complexity index is 505. The quantitative estimate of drug-likeness (QED) is 0.285. The highest BCUT2D eigenvalue weighted by Crippen LogP contribution is 2.06. The van der Waals surface area contributed by atoms with E-state index in [1.54, 1.807) is 0 Å². The maximum atomic E-state index is 11.8. The SMILES string of the molecule is O=C(NC1C(=O)NC(=O)N1CO)NC1C(=O)NC(=O)N1CO. The van der Waals surface area contributed by atoms with E-state index in [0.29, 0.717) is 9.80 Å². The van der Waals surface area contributed by atoms with Crippen LogP contribution >= 0.6 is 0 Å². The van der Waals surface area contributed by atoms with Crippen molar-refractivity contribution < 1.29 is 34.2 Å². The van der Waals surface area contributed by atoms with E-state index in [0.717, 1.165) is 0 Å². The number of rotatable bonds is 4. The lowest BCUT2D eigenvalue weighted by Gasteiger charge is -2.23. The first-order chi connectivity index (χ1) is 10.4. The molecule has 13 nitrogen and oxygen atoms in total. The van der Waals surface area contributed by atoms with Crippen molar-refractivity contribution in [3.05, 3.63) is 0 Å². The second-order valence-electron chi connectivity index (χ2n) is 4.23. The molecule has 0 aromatic carbocycles. The van der Waals surface area contributed by atoms with Crippen molar-refractivity contribution in [2.24, 2.45) is 0 Å². The van der Waals surface area contributed by atoms with Gasteiger partial charge in [-0.05, 0) is 0 Å². The van der Waals surface area contributed by atoms with Gasteiger partial charge in [-0.2, -0.15) is 0 Å². The molecule has 0 radical (unpaired) electrons. The summed E-state index contributed by atoms with van der Waals surface area (Å²) in [5.74, 6) is -1.75. The first-order valence-electron chi connectivity index (χ1n) is 5.90. The fraction of sp³-hybridized carbons (Fsp3) is 0.444. The molecule has 22 heavy (non-hydrogen) atoms. The first-order valence-corrected chi connectivity index (χ1v) is 5.90. The second kappa shape index (κ2) is 5.82. The van der Waals surface area contributed by atoms with Crippen LogP contribution in [0, 0.1) is 0 Å². The van der Waals surface area contributed by atoms with Gasteiger partial charge in [0.15, 0.2) is 12.3 Å². The minimum Gasteiger partial charge on any atom is -0.376 e. The number of carbonyl (C=O) groups is 5. The van der Waals surface area contributed by atoms with Crippen molar-refractivity contribution in [3.8, 4) is 0 Å². The highest BCUT2D eigenvalue weighted by Gasteiger charge is 2.42. The monoisotopic (exact) mass is 316 g/mol. The minimum absolute atomic E-state index is 0.631. The molecule has 0 spiro atoms. The zero-order valence-electron chi connectivity index (χ0n) is 10.9. The lowest BCUT2D eigenvalue weighted by Crippen LogP contribution is -2.57. The summed E-state index contributed by atoms with van der Waals surface area (Å²) >= 11 is 0. The highest BCUT2D eigenvalue weighted by atomic mass is 16.3. The molecular weight excluding hydrogens is 304 g/mol. The largest absolute Gasteiger partial charge is 0.376 e. The Hall–Kier alpha value is -2.93. The molecule has 2 atom stereocenters. The van der Waals surface area contributed by atoms with Crippen LogP contribution in [0.4, 0.5) is 14.4 Å². The molecule has 2 saturated heterocycles. The molecule has 2 rings (SSSR count). The summed E-state index contributed by atoms with van der Waals surface area (Å²) in [6.07, 6.45) is -2.94. The Labute approximate surface area is 122 Å². The van der Waals surface area contributed by atoms with E-state index < -0.39 is 55.7 Å². The molecule has 0 aromatic heterocycles. The Kier molecular flexibility index (Phi) is 4.09. The molecule has 0 aliphatic carbocycles. The average molecular weight is 316 g/mol. The van der Waals surface area contributed by atoms with Gasteiger partial charge in [0.1, 0.15) is 13.5 Å². The fourth-order valence-corrected chi connectivity index (χ4v) is 1.88. The molecule has 13 heteroatoms. The van der Waals surface area contributed by atoms with E-state index in [1.165, 1.54) is 0 Å². The van der Waals surface area contributed by atoms with Crippen LogP contribution in [0.1, 0.15) is 0 Å². The first kappa shape index (κ1) is 15.5. The summed E-state index contributed by atoms with van der Waals surface area (Å²) < 4.78 is 0. The summed E-state index contributed by atoms with van der Waals surface area (Å²) in [5, 5.41) is 25.8. The number of urea groups is 3. The second-order valence-corrected chi connectivity index (χ2v) is 4.23. The van der Waals surface area contributed by atoms with Crippen LogP contribution in [0.25, 0.3) is 0 Å². The van der Waals surface area contributed by atoms with Crippen LogP contribution in [-0.2, 0) is 9.59 Å². The third-order valence-corrected chi connectivity index (χ3v) is 2.94. The van der Waals surface area contributed by atoms with Crippen molar-refractivity contribution in [2.75, 3.05) is 13.5 Å². The average Bonchev–Trinajstić information content (AvgIpc) is 2.86. The summed E-state index contributed by atoms with van der Waals surface area (Å²) in [5.41, 5.74) is 0. The molecule has 0 aromatic rings. The number of hydrogen-bond acceptors (Lipinski definition) is 7. The van der Waals surface area contributed by atoms with Crippen molar-refractivity contribution in [1.29, 1.82) is 0 Å². The van der Waals surface area contributed by atoms with E-state index in [-0.39, 0.29) is 0 Å². The summed E-state index contributed by atoms with van der Waals surface area (Å²) in [6.45, 7) is -1.65. The van der Waals surface area contributed by atoms with Crippen molar-refractivity contribution in [2.45, 2.75) is 12.3 Å². The van der Waals surface area contributed by atoms with Crippen molar-refractivity contribution >= 4 is 29.9 Å². The lowest BCUT2D eigenvalue weighted by molar-refractivity contribution is -0.122. The van der Waals surface area contributed by atoms with Gasteiger partial charge in [0, 0.05) is 0 Å². The number of imide groups is 2. The molecule has 0 bridgehead atoms. The summed E-state index contributed by atoms with van der Waals surface area (Å²) in [6, 6.07) is -2.87. The van der Waals surface area contributed by atoms with E-state index in [1.807, 2.05) is 10.6 Å². The Balaban J connectivity index is 2.01.